The zero-order valence-corrected chi connectivity index (χ0v) is 7.54. The summed E-state index contributed by atoms with van der Waals surface area (Å²) in [5, 5.41) is 35.5. The van der Waals surface area contributed by atoms with E-state index in [1.807, 2.05) is 0 Å². The predicted molar refractivity (Wildman–Crippen MR) is 46.3 cm³/mol. The number of esters is 1. The first-order valence-corrected chi connectivity index (χ1v) is 3.97. The summed E-state index contributed by atoms with van der Waals surface area (Å²) in [5.74, 6) is -1.08. The molecular formula is C8H14O6. The van der Waals surface area contributed by atoms with Crippen LogP contribution in [0.15, 0.2) is 12.7 Å². The van der Waals surface area contributed by atoms with Gasteiger partial charge >= 0.3 is 5.97 Å². The van der Waals surface area contributed by atoms with Crippen molar-refractivity contribution in [1.82, 2.24) is 0 Å². The molecule has 3 atom stereocenters. The van der Waals surface area contributed by atoms with Gasteiger partial charge in [-0.15, -0.1) is 0 Å². The molecule has 0 aromatic heterocycles. The molecule has 0 aromatic rings. The van der Waals surface area contributed by atoms with Crippen molar-refractivity contribution in [2.45, 2.75) is 18.3 Å². The first-order valence-electron chi connectivity index (χ1n) is 3.97. The van der Waals surface area contributed by atoms with Gasteiger partial charge in [0.15, 0.2) is 6.10 Å². The molecule has 0 aromatic carbocycles. The third-order valence-corrected chi connectivity index (χ3v) is 1.49. The highest BCUT2D eigenvalue weighted by Gasteiger charge is 2.30. The molecule has 0 radical (unpaired) electrons. The molecule has 0 amide bonds. The summed E-state index contributed by atoms with van der Waals surface area (Å²) >= 11 is 0. The maximum atomic E-state index is 10.9. The number of aliphatic hydroxyl groups is 4. The summed E-state index contributed by atoms with van der Waals surface area (Å²) in [6.45, 7) is 2.42. The van der Waals surface area contributed by atoms with Gasteiger partial charge in [-0.2, -0.15) is 0 Å². The van der Waals surface area contributed by atoms with E-state index >= 15 is 0 Å². The smallest absolute Gasteiger partial charge is 0.338 e. The summed E-state index contributed by atoms with van der Waals surface area (Å²) in [5.41, 5.74) is 0. The standard InChI is InChI=1S/C8H14O6/c1-2-3-14-8(13)7(12)6(11)5(10)4-9/h2,5-7,9-12H,1,3-4H2/t5-,6-,7-/m1/s1. The van der Waals surface area contributed by atoms with E-state index < -0.39 is 30.9 Å². The Morgan fingerprint density at radius 3 is 2.43 bits per heavy atom. The van der Waals surface area contributed by atoms with Gasteiger partial charge in [-0.1, -0.05) is 12.7 Å². The monoisotopic (exact) mass is 206 g/mol. The highest BCUT2D eigenvalue weighted by Crippen LogP contribution is 2.02. The van der Waals surface area contributed by atoms with E-state index in [0.717, 1.165) is 0 Å². The summed E-state index contributed by atoms with van der Waals surface area (Å²) in [6.07, 6.45) is -3.94. The van der Waals surface area contributed by atoms with Crippen molar-refractivity contribution in [3.63, 3.8) is 0 Å². The number of ether oxygens (including phenoxy) is 1. The summed E-state index contributed by atoms with van der Waals surface area (Å²) in [7, 11) is 0. The number of hydrogen-bond acceptors (Lipinski definition) is 6. The highest BCUT2D eigenvalue weighted by molar-refractivity contribution is 5.75. The third kappa shape index (κ3) is 3.84. The Kier molecular flexibility index (Phi) is 6.06. The summed E-state index contributed by atoms with van der Waals surface area (Å²) in [4.78, 5) is 10.9. The van der Waals surface area contributed by atoms with Crippen molar-refractivity contribution in [1.29, 1.82) is 0 Å². The molecular weight excluding hydrogens is 192 g/mol. The quantitative estimate of drug-likeness (QED) is 0.290. The van der Waals surface area contributed by atoms with E-state index in [-0.39, 0.29) is 6.61 Å². The van der Waals surface area contributed by atoms with Crippen molar-refractivity contribution < 1.29 is 30.0 Å². The van der Waals surface area contributed by atoms with Crippen molar-refractivity contribution in [2.24, 2.45) is 0 Å². The second-order valence-electron chi connectivity index (χ2n) is 2.60. The zero-order chi connectivity index (χ0) is 11.1. The van der Waals surface area contributed by atoms with Crippen LogP contribution >= 0.6 is 0 Å². The van der Waals surface area contributed by atoms with Crippen molar-refractivity contribution >= 4 is 5.97 Å². The third-order valence-electron chi connectivity index (χ3n) is 1.49. The minimum Gasteiger partial charge on any atom is -0.459 e. The van der Waals surface area contributed by atoms with E-state index in [4.69, 9.17) is 20.4 Å². The van der Waals surface area contributed by atoms with Crippen molar-refractivity contribution in [3.8, 4) is 0 Å². The molecule has 82 valence electrons. The van der Waals surface area contributed by atoms with Crippen LogP contribution in [0.3, 0.4) is 0 Å². The Labute approximate surface area is 81.1 Å². The maximum Gasteiger partial charge on any atom is 0.338 e. The molecule has 4 N–H and O–H groups in total. The lowest BCUT2D eigenvalue weighted by Gasteiger charge is -2.19. The molecule has 0 unspecified atom stereocenters. The largest absolute Gasteiger partial charge is 0.459 e. The number of carbonyl (C=O) groups excluding carboxylic acids is 1. The lowest BCUT2D eigenvalue weighted by Crippen LogP contribution is -2.44. The normalized spacial score (nSPS) is 16.9. The Morgan fingerprint density at radius 1 is 1.43 bits per heavy atom. The molecule has 0 aliphatic carbocycles. The SMILES string of the molecule is C=CCOC(=O)[C@H](O)[C@H](O)[C@H](O)CO. The highest BCUT2D eigenvalue weighted by atomic mass is 16.5. The van der Waals surface area contributed by atoms with Gasteiger partial charge in [0.05, 0.1) is 6.61 Å². The lowest BCUT2D eigenvalue weighted by molar-refractivity contribution is -0.164. The van der Waals surface area contributed by atoms with Gasteiger partial charge in [-0.05, 0) is 0 Å². The first-order chi connectivity index (χ1) is 6.54. The molecule has 0 aliphatic rings. The minimum absolute atomic E-state index is 0.0994. The summed E-state index contributed by atoms with van der Waals surface area (Å²) < 4.78 is 4.41. The fraction of sp³-hybridized carbons (Fsp3) is 0.625. The van der Waals surface area contributed by atoms with Crippen LogP contribution in [0, 0.1) is 0 Å². The van der Waals surface area contributed by atoms with Gasteiger partial charge in [0.25, 0.3) is 0 Å². The Balaban J connectivity index is 4.09. The van der Waals surface area contributed by atoms with Crippen LogP contribution in [-0.2, 0) is 9.53 Å². The molecule has 0 fully saturated rings. The van der Waals surface area contributed by atoms with Crippen molar-refractivity contribution in [3.05, 3.63) is 12.7 Å². The average molecular weight is 206 g/mol. The molecule has 0 bridgehead atoms. The molecule has 6 heteroatoms. The Hall–Kier alpha value is -0.950. The lowest BCUT2D eigenvalue weighted by atomic mass is 10.1. The zero-order valence-electron chi connectivity index (χ0n) is 7.54. The van der Waals surface area contributed by atoms with Gasteiger partial charge in [-0.3, -0.25) is 0 Å². The van der Waals surface area contributed by atoms with Crippen LogP contribution in [-0.4, -0.2) is 57.9 Å². The average Bonchev–Trinajstić information content (AvgIpc) is 2.22. The van der Waals surface area contributed by atoms with Gasteiger partial charge in [0, 0.05) is 0 Å². The van der Waals surface area contributed by atoms with E-state index in [9.17, 15) is 4.79 Å². The van der Waals surface area contributed by atoms with Crippen LogP contribution in [0.1, 0.15) is 0 Å². The topological polar surface area (TPSA) is 107 Å². The number of hydrogen-bond donors (Lipinski definition) is 4. The number of rotatable bonds is 6. The second kappa shape index (κ2) is 6.50. The van der Waals surface area contributed by atoms with Crippen LogP contribution in [0.2, 0.25) is 0 Å². The maximum absolute atomic E-state index is 10.9. The molecule has 0 aliphatic heterocycles. The van der Waals surface area contributed by atoms with Crippen LogP contribution < -0.4 is 0 Å². The second-order valence-corrected chi connectivity index (χ2v) is 2.60. The number of carbonyl (C=O) groups is 1. The molecule has 0 saturated carbocycles. The van der Waals surface area contributed by atoms with Gasteiger partial charge in [0.1, 0.15) is 18.8 Å². The fourth-order valence-electron chi connectivity index (χ4n) is 0.684. The van der Waals surface area contributed by atoms with Crippen LogP contribution in [0.4, 0.5) is 0 Å². The van der Waals surface area contributed by atoms with Crippen LogP contribution in [0.25, 0.3) is 0 Å². The molecule has 0 heterocycles. The Bertz CT molecular complexity index is 192. The van der Waals surface area contributed by atoms with E-state index in [2.05, 4.69) is 11.3 Å². The van der Waals surface area contributed by atoms with Gasteiger partial charge < -0.3 is 25.2 Å². The molecule has 6 nitrogen and oxygen atoms in total. The van der Waals surface area contributed by atoms with Crippen LogP contribution in [0.5, 0.6) is 0 Å². The Morgan fingerprint density at radius 2 is 2.00 bits per heavy atom. The van der Waals surface area contributed by atoms with Crippen molar-refractivity contribution in [2.75, 3.05) is 13.2 Å². The fourth-order valence-corrected chi connectivity index (χ4v) is 0.684. The predicted octanol–water partition coefficient (Wildman–Crippen LogP) is -2.21. The van der Waals surface area contributed by atoms with Gasteiger partial charge in [-0.25, -0.2) is 4.79 Å². The van der Waals surface area contributed by atoms with E-state index in [1.54, 1.807) is 0 Å². The van der Waals surface area contributed by atoms with E-state index in [0.29, 0.717) is 0 Å². The van der Waals surface area contributed by atoms with Gasteiger partial charge in [0.2, 0.25) is 0 Å². The molecule has 0 spiro atoms. The first kappa shape index (κ1) is 13.1. The molecule has 0 saturated heterocycles. The minimum atomic E-state index is -1.88. The summed E-state index contributed by atoms with van der Waals surface area (Å²) in [6, 6.07) is 0. The number of aliphatic hydroxyl groups excluding tert-OH is 4. The molecule has 0 rings (SSSR count). The van der Waals surface area contributed by atoms with E-state index in [1.165, 1.54) is 6.08 Å². The molecule has 14 heavy (non-hydrogen) atoms.